The van der Waals surface area contributed by atoms with Crippen LogP contribution in [-0.2, 0) is 11.3 Å². The minimum Gasteiger partial charge on any atom is -0.475 e. The molecule has 2 N–H and O–H groups in total. The minimum atomic E-state index is 0.134. The van der Waals surface area contributed by atoms with Gasteiger partial charge in [-0.05, 0) is 45.6 Å². The zero-order chi connectivity index (χ0) is 16.9. The summed E-state index contributed by atoms with van der Waals surface area (Å²) in [5, 5.41) is 6.84. The molecule has 2 fully saturated rings. The van der Waals surface area contributed by atoms with E-state index >= 15 is 0 Å². The molecule has 0 saturated carbocycles. The van der Waals surface area contributed by atoms with Gasteiger partial charge in [-0.1, -0.05) is 6.07 Å². The average molecular weight is 332 g/mol. The highest BCUT2D eigenvalue weighted by atomic mass is 16.5. The van der Waals surface area contributed by atoms with Gasteiger partial charge in [0, 0.05) is 18.8 Å². The summed E-state index contributed by atoms with van der Waals surface area (Å²) in [6.45, 7) is 7.49. The van der Waals surface area contributed by atoms with Gasteiger partial charge in [-0.15, -0.1) is 0 Å². The monoisotopic (exact) mass is 332 g/mol. The highest BCUT2D eigenvalue weighted by Gasteiger charge is 2.41. The number of nitrogens with one attached hydrogen (secondary N) is 2. The number of hydrogen-bond acceptors (Lipinski definition) is 4. The van der Waals surface area contributed by atoms with Gasteiger partial charge in [0.15, 0.2) is 5.96 Å². The molecule has 132 valence electrons. The molecule has 1 aromatic heterocycles. The van der Waals surface area contributed by atoms with E-state index in [2.05, 4.69) is 27.5 Å². The van der Waals surface area contributed by atoms with E-state index < -0.39 is 0 Å². The Kier molecular flexibility index (Phi) is 5.56. The van der Waals surface area contributed by atoms with Crippen molar-refractivity contribution in [3.05, 3.63) is 23.9 Å². The Morgan fingerprint density at radius 2 is 2.29 bits per heavy atom. The molecular weight excluding hydrogens is 304 g/mol. The van der Waals surface area contributed by atoms with Crippen molar-refractivity contribution < 1.29 is 9.47 Å². The van der Waals surface area contributed by atoms with Gasteiger partial charge in [0.2, 0.25) is 5.88 Å². The van der Waals surface area contributed by atoms with E-state index in [4.69, 9.17) is 9.47 Å². The molecule has 3 heterocycles. The van der Waals surface area contributed by atoms with Crippen molar-refractivity contribution >= 4 is 5.96 Å². The number of fused-ring (bicyclic) bond motifs is 2. The smallest absolute Gasteiger partial charge is 0.213 e. The summed E-state index contributed by atoms with van der Waals surface area (Å²) in [6.07, 6.45) is 6.18. The fourth-order valence-electron chi connectivity index (χ4n) is 3.27. The number of ether oxygens (including phenoxy) is 2. The number of hydrogen-bond donors (Lipinski definition) is 2. The second-order valence-corrected chi connectivity index (χ2v) is 6.73. The number of aromatic nitrogens is 1. The predicted molar refractivity (Wildman–Crippen MR) is 94.3 cm³/mol. The van der Waals surface area contributed by atoms with Crippen LogP contribution in [0.1, 0.15) is 45.6 Å². The lowest BCUT2D eigenvalue weighted by Gasteiger charge is -2.22. The summed E-state index contributed by atoms with van der Waals surface area (Å²) < 4.78 is 11.5. The highest BCUT2D eigenvalue weighted by Crippen LogP contribution is 2.34. The van der Waals surface area contributed by atoms with Crippen LogP contribution in [0.3, 0.4) is 0 Å². The number of guanidine groups is 1. The number of nitrogens with zero attached hydrogens (tertiary/aromatic N) is 2. The maximum absolute atomic E-state index is 5.90. The van der Waals surface area contributed by atoms with Crippen LogP contribution in [0.2, 0.25) is 0 Å². The molecule has 3 unspecified atom stereocenters. The Morgan fingerprint density at radius 1 is 1.42 bits per heavy atom. The Morgan fingerprint density at radius 3 is 2.88 bits per heavy atom. The first-order valence-electron chi connectivity index (χ1n) is 8.96. The molecule has 0 spiro atoms. The third-order valence-electron chi connectivity index (χ3n) is 4.35. The summed E-state index contributed by atoms with van der Waals surface area (Å²) in [5.41, 5.74) is 1.06. The maximum atomic E-state index is 5.90. The fourth-order valence-corrected chi connectivity index (χ4v) is 3.27. The van der Waals surface area contributed by atoms with Crippen molar-refractivity contribution in [3.63, 3.8) is 0 Å². The summed E-state index contributed by atoms with van der Waals surface area (Å²) in [5.74, 6) is 1.50. The molecule has 2 aliphatic rings. The van der Waals surface area contributed by atoms with Gasteiger partial charge >= 0.3 is 0 Å². The molecule has 0 radical (unpaired) electrons. The van der Waals surface area contributed by atoms with Crippen LogP contribution in [-0.4, -0.2) is 41.8 Å². The van der Waals surface area contributed by atoms with Gasteiger partial charge in [-0.3, -0.25) is 0 Å². The minimum absolute atomic E-state index is 0.134. The second kappa shape index (κ2) is 7.83. The van der Waals surface area contributed by atoms with Gasteiger partial charge in [0.05, 0.1) is 30.9 Å². The molecule has 2 saturated heterocycles. The van der Waals surface area contributed by atoms with Crippen molar-refractivity contribution in [2.24, 2.45) is 4.99 Å². The third-order valence-corrected chi connectivity index (χ3v) is 4.35. The van der Waals surface area contributed by atoms with Crippen LogP contribution < -0.4 is 15.4 Å². The van der Waals surface area contributed by atoms with Crippen LogP contribution in [0.5, 0.6) is 5.88 Å². The summed E-state index contributed by atoms with van der Waals surface area (Å²) in [4.78, 5) is 9.00. The third kappa shape index (κ3) is 4.38. The molecular formula is C18H28N4O2. The molecule has 6 nitrogen and oxygen atoms in total. The van der Waals surface area contributed by atoms with Crippen molar-refractivity contribution in [1.82, 2.24) is 15.6 Å². The van der Waals surface area contributed by atoms with Crippen LogP contribution in [0.15, 0.2) is 23.3 Å². The molecule has 3 atom stereocenters. The van der Waals surface area contributed by atoms with E-state index in [1.165, 1.54) is 6.42 Å². The molecule has 1 aromatic rings. The summed E-state index contributed by atoms with van der Waals surface area (Å²) in [7, 11) is 0. The number of aliphatic imine (C=N–C) groups is 1. The van der Waals surface area contributed by atoms with Crippen LogP contribution >= 0.6 is 0 Å². The Balaban J connectivity index is 1.57. The van der Waals surface area contributed by atoms with Crippen LogP contribution in [0, 0.1) is 0 Å². The Bertz CT molecular complexity index is 559. The summed E-state index contributed by atoms with van der Waals surface area (Å²) >= 11 is 0. The highest BCUT2D eigenvalue weighted by molar-refractivity contribution is 5.80. The lowest BCUT2D eigenvalue weighted by Crippen LogP contribution is -2.47. The van der Waals surface area contributed by atoms with Crippen LogP contribution in [0.4, 0.5) is 0 Å². The van der Waals surface area contributed by atoms with Gasteiger partial charge in [0.1, 0.15) is 0 Å². The normalized spacial score (nSPS) is 26.0. The van der Waals surface area contributed by atoms with E-state index in [0.29, 0.717) is 30.7 Å². The van der Waals surface area contributed by atoms with Gasteiger partial charge < -0.3 is 20.1 Å². The predicted octanol–water partition coefficient (Wildman–Crippen LogP) is 2.24. The lowest BCUT2D eigenvalue weighted by molar-refractivity contribution is 0.0992. The fraction of sp³-hybridized carbons (Fsp3) is 0.667. The largest absolute Gasteiger partial charge is 0.475 e. The van der Waals surface area contributed by atoms with Crippen molar-refractivity contribution in [1.29, 1.82) is 0 Å². The van der Waals surface area contributed by atoms with Crippen molar-refractivity contribution in [3.8, 4) is 5.88 Å². The zero-order valence-electron chi connectivity index (χ0n) is 14.8. The van der Waals surface area contributed by atoms with E-state index in [-0.39, 0.29) is 6.10 Å². The standard InChI is InChI=1S/C18H28N4O2/c1-4-19-18(22-15-9-14-6-7-16(15)24-14)21-11-13-5-8-17(20-10-13)23-12(2)3/h5,8,10,12,14-16H,4,6-7,9,11H2,1-3H3,(H2,19,21,22). The lowest BCUT2D eigenvalue weighted by atomic mass is 9.96. The molecule has 2 aliphatic heterocycles. The SMILES string of the molecule is CCNC(=NCc1ccc(OC(C)C)nc1)NC1CC2CCC1O2. The molecule has 0 aromatic carbocycles. The molecule has 24 heavy (non-hydrogen) atoms. The quantitative estimate of drug-likeness (QED) is 0.618. The zero-order valence-corrected chi connectivity index (χ0v) is 14.8. The van der Waals surface area contributed by atoms with Crippen molar-refractivity contribution in [2.45, 2.75) is 70.9 Å². The molecule has 6 heteroatoms. The number of rotatable bonds is 6. The topological polar surface area (TPSA) is 67.8 Å². The van der Waals surface area contributed by atoms with Gasteiger partial charge in [0.25, 0.3) is 0 Å². The summed E-state index contributed by atoms with van der Waals surface area (Å²) in [6, 6.07) is 4.29. The molecule has 0 aliphatic carbocycles. The van der Waals surface area contributed by atoms with Crippen molar-refractivity contribution in [2.75, 3.05) is 6.54 Å². The average Bonchev–Trinajstić information content (AvgIpc) is 3.16. The van der Waals surface area contributed by atoms with Crippen LogP contribution in [0.25, 0.3) is 0 Å². The van der Waals surface area contributed by atoms with E-state index in [1.807, 2.05) is 32.2 Å². The van der Waals surface area contributed by atoms with E-state index in [9.17, 15) is 0 Å². The maximum Gasteiger partial charge on any atom is 0.213 e. The first kappa shape index (κ1) is 17.0. The Labute approximate surface area is 144 Å². The molecule has 2 bridgehead atoms. The Hall–Kier alpha value is -1.82. The second-order valence-electron chi connectivity index (χ2n) is 6.73. The molecule has 0 amide bonds. The van der Waals surface area contributed by atoms with E-state index in [0.717, 1.165) is 30.9 Å². The molecule has 3 rings (SSSR count). The first-order valence-corrected chi connectivity index (χ1v) is 8.96. The number of pyridine rings is 1. The van der Waals surface area contributed by atoms with E-state index in [1.54, 1.807) is 0 Å². The first-order chi connectivity index (χ1) is 11.6. The van der Waals surface area contributed by atoms with Gasteiger partial charge in [-0.25, -0.2) is 9.98 Å². The van der Waals surface area contributed by atoms with Gasteiger partial charge in [-0.2, -0.15) is 0 Å².